The van der Waals surface area contributed by atoms with Crippen LogP contribution >= 0.6 is 0 Å². The zero-order valence-electron chi connectivity index (χ0n) is 27.5. The normalized spacial score (nSPS) is 17.7. The monoisotopic (exact) mass is 875 g/mol. The van der Waals surface area contributed by atoms with Gasteiger partial charge in [0.15, 0.2) is 0 Å². The van der Waals surface area contributed by atoms with Crippen molar-refractivity contribution in [2.24, 2.45) is 0 Å². The summed E-state index contributed by atoms with van der Waals surface area (Å²) >= 11 is 0. The first kappa shape index (κ1) is 38.5. The van der Waals surface area contributed by atoms with E-state index in [-0.39, 0.29) is 43.8 Å². The minimum Gasteiger partial charge on any atom is -0.283 e. The van der Waals surface area contributed by atoms with E-state index >= 15 is 17.6 Å². The second kappa shape index (κ2) is 11.9. The minimum atomic E-state index is -5.47. The smallest absolute Gasteiger partial charge is 0.283 e. The van der Waals surface area contributed by atoms with Crippen LogP contribution in [0.4, 0.5) is 43.9 Å². The topological polar surface area (TPSA) is 25.8 Å². The molecular weight excluding hydrogens is 845 g/mol. The molecule has 0 saturated carbocycles. The van der Waals surface area contributed by atoms with Crippen LogP contribution in [0.15, 0.2) is 36.4 Å². The summed E-state index contributed by atoms with van der Waals surface area (Å²) in [5, 5.41) is 0. The molecule has 0 radical (unpaired) electrons. The van der Waals surface area contributed by atoms with E-state index in [1.54, 1.807) is 0 Å². The number of hydrogen-bond donors (Lipinski definition) is 0. The van der Waals surface area contributed by atoms with Crippen molar-refractivity contribution in [1.82, 2.24) is 9.97 Å². The van der Waals surface area contributed by atoms with E-state index in [9.17, 15) is 26.3 Å². The van der Waals surface area contributed by atoms with Crippen LogP contribution in [0.5, 0.6) is 0 Å². The summed E-state index contributed by atoms with van der Waals surface area (Å²) in [6.07, 6.45) is -10.9. The van der Waals surface area contributed by atoms with E-state index in [4.69, 9.17) is 0 Å². The number of halogens is 10. The maximum Gasteiger partial charge on any atom is 2.00 e. The molecule has 2 aromatic carbocycles. The fraction of sp³-hybridized carbons (Fsp3) is 0.389. The van der Waals surface area contributed by atoms with Crippen molar-refractivity contribution < 1.29 is 65.0 Å². The maximum absolute atomic E-state index is 16.0. The Morgan fingerprint density at radius 3 is 0.837 bits per heavy atom. The van der Waals surface area contributed by atoms with Crippen LogP contribution in [-0.2, 0) is 55.1 Å². The summed E-state index contributed by atoms with van der Waals surface area (Å²) < 4.78 is 150. The molecule has 0 saturated heterocycles. The largest absolute Gasteiger partial charge is 2.00 e. The van der Waals surface area contributed by atoms with Crippen LogP contribution in [0.3, 0.4) is 0 Å². The molecule has 1 aliphatic rings. The average molecular weight is 876 g/mol. The van der Waals surface area contributed by atoms with Crippen molar-refractivity contribution >= 4 is 0 Å². The number of hydrogen-bond acceptors (Lipinski definition) is 2. The van der Waals surface area contributed by atoms with E-state index < -0.39 is 90.7 Å². The van der Waals surface area contributed by atoms with Gasteiger partial charge in [0, 0.05) is 78.8 Å². The van der Waals surface area contributed by atoms with Crippen molar-refractivity contribution in [2.75, 3.05) is 0 Å². The Morgan fingerprint density at radius 1 is 0.449 bits per heavy atom. The molecule has 0 spiro atoms. The van der Waals surface area contributed by atoms with Gasteiger partial charge in [-0.2, -0.15) is 38.5 Å². The standard InChI is InChI=1S/C36H30F10N2.Pt/c1-31(2)17-15-18(28(38)25(27(17)37)35(41,42)43)32(3,4)23-13-10-14-24(48-23)34(7,8)20-16-19(29(39)26(30(20)40)36(44,45)46)33(5,6)22-12-9-11-21(31)47-22;/h9-14H,1-8H3;/q-2;+2. The Bertz CT molecular complexity index is 1710. The Morgan fingerprint density at radius 2 is 0.653 bits per heavy atom. The first-order chi connectivity index (χ1) is 21.8. The average Bonchev–Trinajstić information content (AvgIpc) is 2.95. The van der Waals surface area contributed by atoms with Gasteiger partial charge in [-0.15, -0.1) is 22.3 Å². The van der Waals surface area contributed by atoms with Crippen LogP contribution in [0.1, 0.15) is 112 Å². The van der Waals surface area contributed by atoms with Gasteiger partial charge >= 0.3 is 33.4 Å². The molecule has 4 aromatic rings. The molecule has 5 rings (SSSR count). The summed E-state index contributed by atoms with van der Waals surface area (Å²) in [6.45, 7) is 10.6. The summed E-state index contributed by atoms with van der Waals surface area (Å²) in [5.41, 5.74) is -14.5. The third kappa shape index (κ3) is 5.99. The summed E-state index contributed by atoms with van der Waals surface area (Å²) in [7, 11) is 0. The van der Waals surface area contributed by atoms with E-state index in [1.165, 1.54) is 91.8 Å². The molecule has 0 fully saturated rings. The summed E-state index contributed by atoms with van der Waals surface area (Å²) in [4.78, 5) is 8.97. The van der Waals surface area contributed by atoms with Crippen molar-refractivity contribution in [3.8, 4) is 0 Å². The van der Waals surface area contributed by atoms with Crippen molar-refractivity contribution in [1.29, 1.82) is 0 Å². The molecule has 0 aliphatic carbocycles. The Balaban J connectivity index is 0.00000541. The number of benzene rings is 2. The van der Waals surface area contributed by atoms with Crippen molar-refractivity contribution in [3.63, 3.8) is 0 Å². The molecule has 13 heteroatoms. The molecule has 0 unspecified atom stereocenters. The quantitative estimate of drug-likeness (QED) is 0.130. The van der Waals surface area contributed by atoms with Crippen LogP contribution < -0.4 is 0 Å². The zero-order chi connectivity index (χ0) is 36.2. The number of fused-ring (bicyclic) bond motifs is 8. The molecule has 0 atom stereocenters. The van der Waals surface area contributed by atoms with Crippen LogP contribution in [0.25, 0.3) is 0 Å². The maximum atomic E-state index is 16.0. The van der Waals surface area contributed by atoms with E-state index in [0.29, 0.717) is 0 Å². The summed E-state index contributed by atoms with van der Waals surface area (Å²) in [6, 6.07) is 13.2. The predicted octanol–water partition coefficient (Wildman–Crippen LogP) is 10.3. The number of aromatic nitrogens is 2. The van der Waals surface area contributed by atoms with Gasteiger partial charge in [0.25, 0.3) is 0 Å². The Kier molecular flexibility index (Phi) is 9.37. The van der Waals surface area contributed by atoms with E-state index in [1.807, 2.05) is 0 Å². The molecule has 1 aliphatic heterocycles. The second-order valence-corrected chi connectivity index (χ2v) is 14.1. The van der Waals surface area contributed by atoms with Gasteiger partial charge in [-0.05, 0) is 24.3 Å². The molecule has 49 heavy (non-hydrogen) atoms. The van der Waals surface area contributed by atoms with Crippen molar-refractivity contribution in [2.45, 2.75) is 89.4 Å². The van der Waals surface area contributed by atoms with Crippen LogP contribution in [0, 0.1) is 35.4 Å². The number of nitrogens with zero attached hydrogens (tertiary/aromatic N) is 2. The third-order valence-electron chi connectivity index (χ3n) is 9.38. The van der Waals surface area contributed by atoms with Crippen molar-refractivity contribution in [3.05, 3.63) is 128 Å². The van der Waals surface area contributed by atoms with Crippen LogP contribution in [-0.4, -0.2) is 9.97 Å². The predicted molar refractivity (Wildman–Crippen MR) is 157 cm³/mol. The van der Waals surface area contributed by atoms with Gasteiger partial charge in [-0.3, -0.25) is 27.5 Å². The number of alkyl halides is 6. The molecular formula is C36H30F10N2Pt. The minimum absolute atomic E-state index is 0. The van der Waals surface area contributed by atoms with Gasteiger partial charge in [0.05, 0.1) is 0 Å². The van der Waals surface area contributed by atoms with Gasteiger partial charge < -0.3 is 0 Å². The fourth-order valence-electron chi connectivity index (χ4n) is 6.16. The first-order valence-corrected chi connectivity index (χ1v) is 14.8. The number of rotatable bonds is 0. The third-order valence-corrected chi connectivity index (χ3v) is 9.38. The SMILES string of the molecule is CC1(C)c2cccc(n2)C(C)(C)c2[c-]c(c(F)c(C(F)(F)F)c2F)C(C)(C)c2cccc(n2)C(C)(C)c2[c-]c1c(F)c(C(F)(F)F)c2F.[Pt+2]. The fourth-order valence-corrected chi connectivity index (χ4v) is 6.16. The number of pyridine rings is 2. The Labute approximate surface area is 291 Å². The summed E-state index contributed by atoms with van der Waals surface area (Å²) in [5.74, 6) is -7.68. The molecule has 8 bridgehead atoms. The zero-order valence-corrected chi connectivity index (χ0v) is 29.7. The van der Waals surface area contributed by atoms with Crippen LogP contribution in [0.2, 0.25) is 0 Å². The molecule has 2 aromatic heterocycles. The van der Waals surface area contributed by atoms with Gasteiger partial charge in [0.2, 0.25) is 0 Å². The molecule has 264 valence electrons. The molecule has 0 amide bonds. The molecule has 0 N–H and O–H groups in total. The van der Waals surface area contributed by atoms with Gasteiger partial charge in [-0.1, -0.05) is 67.5 Å². The Hall–Kier alpha value is -3.27. The molecule has 2 nitrogen and oxygen atoms in total. The first-order valence-electron chi connectivity index (χ1n) is 14.8. The second-order valence-electron chi connectivity index (χ2n) is 14.1. The van der Waals surface area contributed by atoms with E-state index in [2.05, 4.69) is 22.1 Å². The van der Waals surface area contributed by atoms with Gasteiger partial charge in [0.1, 0.15) is 0 Å². The van der Waals surface area contributed by atoms with E-state index in [0.717, 1.165) is 0 Å². The van der Waals surface area contributed by atoms with Gasteiger partial charge in [-0.25, -0.2) is 0 Å². The molecule has 3 heterocycles.